The Bertz CT molecular complexity index is 1200. The van der Waals surface area contributed by atoms with Gasteiger partial charge in [0.1, 0.15) is 5.52 Å². The average Bonchev–Trinajstić information content (AvgIpc) is 3.18. The first-order chi connectivity index (χ1) is 14.4. The molecule has 1 saturated heterocycles. The number of nitrogens with one attached hydrogen (secondary N) is 1. The van der Waals surface area contributed by atoms with Crippen LogP contribution < -0.4 is 5.32 Å². The van der Waals surface area contributed by atoms with E-state index < -0.39 is 10.0 Å². The third-order valence-electron chi connectivity index (χ3n) is 5.14. The van der Waals surface area contributed by atoms with Crippen molar-refractivity contribution >= 4 is 32.7 Å². The average molecular weight is 430 g/mol. The van der Waals surface area contributed by atoms with Crippen LogP contribution in [0.1, 0.15) is 22.8 Å². The Morgan fingerprint density at radius 2 is 1.93 bits per heavy atom. The van der Waals surface area contributed by atoms with Crippen molar-refractivity contribution in [2.24, 2.45) is 0 Å². The van der Waals surface area contributed by atoms with Crippen molar-refractivity contribution in [3.63, 3.8) is 0 Å². The molecule has 0 unspecified atom stereocenters. The van der Waals surface area contributed by atoms with Gasteiger partial charge in [0.05, 0.1) is 23.6 Å². The largest absolute Gasteiger partial charge is 0.379 e. The van der Waals surface area contributed by atoms with E-state index in [1.807, 2.05) is 13.8 Å². The summed E-state index contributed by atoms with van der Waals surface area (Å²) in [5, 5.41) is 11.0. The quantitative estimate of drug-likeness (QED) is 0.665. The standard InChI is InChI=1S/C20H23N5O4S/c1-3-25-19-7-5-15(12-18(19)22-23-25)20(26)21-17-13-16(6-4-14(17)2)30(27,28)24-8-10-29-11-9-24/h4-7,12-13H,3,8-11H2,1-2H3,(H,21,26). The van der Waals surface area contributed by atoms with Crippen molar-refractivity contribution in [2.45, 2.75) is 25.3 Å². The number of sulfonamides is 1. The van der Waals surface area contributed by atoms with Crippen LogP contribution in [0.5, 0.6) is 0 Å². The maximum Gasteiger partial charge on any atom is 0.255 e. The molecule has 3 aromatic rings. The van der Waals surface area contributed by atoms with E-state index in [9.17, 15) is 13.2 Å². The number of aryl methyl sites for hydroxylation is 2. The number of benzene rings is 2. The fourth-order valence-electron chi connectivity index (χ4n) is 3.37. The molecular formula is C20H23N5O4S. The number of fused-ring (bicyclic) bond motifs is 1. The summed E-state index contributed by atoms with van der Waals surface area (Å²) < 4.78 is 34.2. The number of amides is 1. The third kappa shape index (κ3) is 3.81. The molecule has 1 amide bonds. The first-order valence-electron chi connectivity index (χ1n) is 9.73. The zero-order valence-corrected chi connectivity index (χ0v) is 17.6. The molecule has 1 aliphatic heterocycles. The zero-order chi connectivity index (χ0) is 21.3. The molecular weight excluding hydrogens is 406 g/mol. The molecule has 30 heavy (non-hydrogen) atoms. The molecule has 0 spiro atoms. The highest BCUT2D eigenvalue weighted by Gasteiger charge is 2.27. The summed E-state index contributed by atoms with van der Waals surface area (Å²) in [6, 6.07) is 9.94. The number of ether oxygens (including phenoxy) is 1. The van der Waals surface area contributed by atoms with Crippen molar-refractivity contribution in [1.82, 2.24) is 19.3 Å². The predicted molar refractivity (Wildman–Crippen MR) is 112 cm³/mol. The van der Waals surface area contributed by atoms with Gasteiger partial charge in [0.15, 0.2) is 0 Å². The number of morpholine rings is 1. The maximum absolute atomic E-state index is 12.9. The molecule has 0 radical (unpaired) electrons. The fourth-order valence-corrected chi connectivity index (χ4v) is 4.81. The van der Waals surface area contributed by atoms with Gasteiger partial charge in [-0.15, -0.1) is 5.10 Å². The molecule has 1 fully saturated rings. The van der Waals surface area contributed by atoms with Crippen molar-refractivity contribution < 1.29 is 17.9 Å². The number of carbonyl (C=O) groups is 1. The summed E-state index contributed by atoms with van der Waals surface area (Å²) in [7, 11) is -3.65. The second kappa shape index (κ2) is 8.13. The summed E-state index contributed by atoms with van der Waals surface area (Å²) in [6.07, 6.45) is 0. The van der Waals surface area contributed by atoms with Crippen molar-refractivity contribution in [3.8, 4) is 0 Å². The van der Waals surface area contributed by atoms with Gasteiger partial charge in [-0.1, -0.05) is 11.3 Å². The van der Waals surface area contributed by atoms with Gasteiger partial charge in [-0.2, -0.15) is 4.31 Å². The molecule has 10 heteroatoms. The van der Waals surface area contributed by atoms with E-state index >= 15 is 0 Å². The van der Waals surface area contributed by atoms with Crippen LogP contribution in [-0.2, 0) is 21.3 Å². The minimum atomic E-state index is -3.65. The Morgan fingerprint density at radius 3 is 2.67 bits per heavy atom. The zero-order valence-electron chi connectivity index (χ0n) is 16.8. The molecule has 9 nitrogen and oxygen atoms in total. The minimum absolute atomic E-state index is 0.145. The number of hydrogen-bond donors (Lipinski definition) is 1. The molecule has 0 bridgehead atoms. The van der Waals surface area contributed by atoms with E-state index in [4.69, 9.17) is 4.74 Å². The molecule has 2 aromatic carbocycles. The lowest BCUT2D eigenvalue weighted by Gasteiger charge is -2.26. The Morgan fingerprint density at radius 1 is 1.17 bits per heavy atom. The van der Waals surface area contributed by atoms with Crippen LogP contribution in [0.4, 0.5) is 5.69 Å². The highest BCUT2D eigenvalue weighted by Crippen LogP contribution is 2.24. The van der Waals surface area contributed by atoms with Gasteiger partial charge in [0.2, 0.25) is 10.0 Å². The Labute approximate surface area is 174 Å². The molecule has 0 saturated carbocycles. The Balaban J connectivity index is 1.60. The third-order valence-corrected chi connectivity index (χ3v) is 7.04. The number of anilines is 1. The summed E-state index contributed by atoms with van der Waals surface area (Å²) in [5.41, 5.74) is 3.12. The van der Waals surface area contributed by atoms with E-state index in [0.717, 1.165) is 11.1 Å². The topological polar surface area (TPSA) is 106 Å². The number of hydrogen-bond acceptors (Lipinski definition) is 6. The van der Waals surface area contributed by atoms with Gasteiger partial charge in [0, 0.05) is 30.9 Å². The van der Waals surface area contributed by atoms with E-state index in [1.54, 1.807) is 35.0 Å². The molecule has 1 N–H and O–H groups in total. The second-order valence-corrected chi connectivity index (χ2v) is 8.99. The lowest BCUT2D eigenvalue weighted by molar-refractivity contribution is 0.0730. The van der Waals surface area contributed by atoms with Crippen LogP contribution in [0.2, 0.25) is 0 Å². The Kier molecular flexibility index (Phi) is 5.54. The van der Waals surface area contributed by atoms with Crippen molar-refractivity contribution in [3.05, 3.63) is 47.5 Å². The highest BCUT2D eigenvalue weighted by atomic mass is 32.2. The summed E-state index contributed by atoms with van der Waals surface area (Å²) in [5.74, 6) is -0.341. The molecule has 1 aliphatic rings. The SMILES string of the molecule is CCn1nnc2cc(C(=O)Nc3cc(S(=O)(=O)N4CCOCC4)ccc3C)ccc21. The number of rotatable bonds is 5. The minimum Gasteiger partial charge on any atom is -0.379 e. The van der Waals surface area contributed by atoms with Crippen LogP contribution in [-0.4, -0.2) is 59.9 Å². The monoisotopic (exact) mass is 429 g/mol. The smallest absolute Gasteiger partial charge is 0.255 e. The number of nitrogens with zero attached hydrogens (tertiary/aromatic N) is 4. The molecule has 4 rings (SSSR count). The van der Waals surface area contributed by atoms with E-state index in [1.165, 1.54) is 10.4 Å². The summed E-state index contributed by atoms with van der Waals surface area (Å²) >= 11 is 0. The van der Waals surface area contributed by atoms with Crippen LogP contribution in [0.25, 0.3) is 11.0 Å². The lowest BCUT2D eigenvalue weighted by atomic mass is 10.1. The maximum atomic E-state index is 12.9. The van der Waals surface area contributed by atoms with Crippen molar-refractivity contribution in [1.29, 1.82) is 0 Å². The number of aromatic nitrogens is 3. The lowest BCUT2D eigenvalue weighted by Crippen LogP contribution is -2.40. The van der Waals surface area contributed by atoms with Gasteiger partial charge >= 0.3 is 0 Å². The molecule has 2 heterocycles. The highest BCUT2D eigenvalue weighted by molar-refractivity contribution is 7.89. The van der Waals surface area contributed by atoms with Gasteiger partial charge in [0.25, 0.3) is 5.91 Å². The predicted octanol–water partition coefficient (Wildman–Crippen LogP) is 2.03. The van der Waals surface area contributed by atoms with Gasteiger partial charge in [-0.25, -0.2) is 13.1 Å². The second-order valence-electron chi connectivity index (χ2n) is 7.06. The molecule has 0 aliphatic carbocycles. The number of carbonyl (C=O) groups excluding carboxylic acids is 1. The first-order valence-corrected chi connectivity index (χ1v) is 11.2. The van der Waals surface area contributed by atoms with Crippen LogP contribution in [0.15, 0.2) is 41.3 Å². The van der Waals surface area contributed by atoms with Crippen molar-refractivity contribution in [2.75, 3.05) is 31.6 Å². The summed E-state index contributed by atoms with van der Waals surface area (Å²) in [4.78, 5) is 13.0. The van der Waals surface area contributed by atoms with E-state index in [0.29, 0.717) is 49.6 Å². The molecule has 0 atom stereocenters. The normalized spacial score (nSPS) is 15.4. The van der Waals surface area contributed by atoms with Crippen LogP contribution >= 0.6 is 0 Å². The van der Waals surface area contributed by atoms with Gasteiger partial charge < -0.3 is 10.1 Å². The van der Waals surface area contributed by atoms with Gasteiger partial charge in [-0.05, 0) is 49.7 Å². The van der Waals surface area contributed by atoms with Gasteiger partial charge in [-0.3, -0.25) is 4.79 Å². The molecule has 158 valence electrons. The fraction of sp³-hybridized carbons (Fsp3) is 0.350. The van der Waals surface area contributed by atoms with Crippen LogP contribution in [0.3, 0.4) is 0 Å². The summed E-state index contributed by atoms with van der Waals surface area (Å²) in [6.45, 7) is 5.85. The first kappa shape index (κ1) is 20.5. The van der Waals surface area contributed by atoms with E-state index in [-0.39, 0.29) is 10.8 Å². The molecule has 1 aromatic heterocycles. The Hall–Kier alpha value is -2.82. The van der Waals surface area contributed by atoms with E-state index in [2.05, 4.69) is 15.6 Å². The van der Waals surface area contributed by atoms with Crippen LogP contribution in [0, 0.1) is 6.92 Å².